The molecule has 110 valence electrons. The molecule has 5 nitrogen and oxygen atoms in total. The van der Waals surface area contributed by atoms with Gasteiger partial charge in [0.05, 0.1) is 11.4 Å². The Morgan fingerprint density at radius 1 is 1.40 bits per heavy atom. The molecule has 2 unspecified atom stereocenters. The van der Waals surface area contributed by atoms with Crippen LogP contribution in [0, 0.1) is 11.8 Å². The highest BCUT2D eigenvalue weighted by Crippen LogP contribution is 2.32. The van der Waals surface area contributed by atoms with Gasteiger partial charge in [0.25, 0.3) is 5.91 Å². The fourth-order valence-electron chi connectivity index (χ4n) is 2.87. The number of carbonyl (C=O) groups is 1. The molecule has 2 rings (SSSR count). The third-order valence-corrected chi connectivity index (χ3v) is 4.15. The van der Waals surface area contributed by atoms with Gasteiger partial charge in [-0.05, 0) is 42.9 Å². The Hall–Kier alpha value is -1.75. The minimum absolute atomic E-state index is 0.139. The molecule has 0 aliphatic heterocycles. The Bertz CT molecular complexity index is 476. The molecule has 1 saturated carbocycles. The van der Waals surface area contributed by atoms with Gasteiger partial charge in [-0.1, -0.05) is 6.42 Å². The molecule has 1 aromatic rings. The van der Waals surface area contributed by atoms with Crippen molar-refractivity contribution in [1.29, 1.82) is 0 Å². The van der Waals surface area contributed by atoms with Crippen molar-refractivity contribution in [1.82, 2.24) is 5.32 Å². The third kappa shape index (κ3) is 3.22. The number of nitrogens with one attached hydrogen (secondary N) is 2. The van der Waals surface area contributed by atoms with Crippen LogP contribution in [-0.2, 0) is 0 Å². The van der Waals surface area contributed by atoms with Crippen LogP contribution in [0.2, 0.25) is 0 Å². The average Bonchev–Trinajstić information content (AvgIpc) is 2.92. The Labute approximate surface area is 119 Å². The minimum Gasteiger partial charge on any atom is -0.397 e. The van der Waals surface area contributed by atoms with E-state index < -0.39 is 0 Å². The molecule has 0 heterocycles. The van der Waals surface area contributed by atoms with Crippen molar-refractivity contribution in [2.75, 3.05) is 31.2 Å². The lowest BCUT2D eigenvalue weighted by atomic mass is 9.97. The van der Waals surface area contributed by atoms with Crippen LogP contribution in [0.3, 0.4) is 0 Å². The SMILES string of the molecule is CNC(=O)c1ccc(NCC2CCCC2CO)c(N)c1. The summed E-state index contributed by atoms with van der Waals surface area (Å²) in [5.74, 6) is 0.756. The number of aliphatic hydroxyl groups excluding tert-OH is 1. The van der Waals surface area contributed by atoms with E-state index in [9.17, 15) is 9.90 Å². The van der Waals surface area contributed by atoms with E-state index in [1.165, 1.54) is 6.42 Å². The standard InChI is InChI=1S/C15H23N3O2/c1-17-15(20)10-5-6-14(13(16)7-10)18-8-11-3-2-4-12(11)9-19/h5-7,11-12,18-19H,2-4,8-9,16H2,1H3,(H,17,20). The molecule has 5 N–H and O–H groups in total. The number of benzene rings is 1. The summed E-state index contributed by atoms with van der Waals surface area (Å²) in [5.41, 5.74) is 7.96. The highest BCUT2D eigenvalue weighted by atomic mass is 16.3. The summed E-state index contributed by atoms with van der Waals surface area (Å²) in [7, 11) is 1.60. The summed E-state index contributed by atoms with van der Waals surface area (Å²) in [6, 6.07) is 5.28. The lowest BCUT2D eigenvalue weighted by Gasteiger charge is -2.19. The van der Waals surface area contributed by atoms with Crippen LogP contribution >= 0.6 is 0 Å². The Balaban J connectivity index is 1.98. The normalized spacial score (nSPS) is 21.7. The van der Waals surface area contributed by atoms with Crippen LogP contribution in [0.15, 0.2) is 18.2 Å². The van der Waals surface area contributed by atoms with Gasteiger partial charge < -0.3 is 21.5 Å². The second-order valence-corrected chi connectivity index (χ2v) is 5.40. The molecule has 1 amide bonds. The first-order valence-electron chi connectivity index (χ1n) is 7.12. The van der Waals surface area contributed by atoms with Crippen LogP contribution < -0.4 is 16.4 Å². The molecule has 5 heteroatoms. The first-order valence-corrected chi connectivity index (χ1v) is 7.12. The average molecular weight is 277 g/mol. The van der Waals surface area contributed by atoms with Crippen molar-refractivity contribution >= 4 is 17.3 Å². The van der Waals surface area contributed by atoms with Crippen LogP contribution in [0.4, 0.5) is 11.4 Å². The van der Waals surface area contributed by atoms with Crippen molar-refractivity contribution < 1.29 is 9.90 Å². The molecule has 0 radical (unpaired) electrons. The maximum absolute atomic E-state index is 11.5. The Morgan fingerprint density at radius 2 is 2.15 bits per heavy atom. The van der Waals surface area contributed by atoms with E-state index in [1.807, 2.05) is 6.07 Å². The van der Waals surface area contributed by atoms with E-state index in [2.05, 4.69) is 10.6 Å². The number of hydrogen-bond acceptors (Lipinski definition) is 4. The van der Waals surface area contributed by atoms with Gasteiger partial charge in [0.15, 0.2) is 0 Å². The molecule has 1 aliphatic carbocycles. The van der Waals surface area contributed by atoms with E-state index in [1.54, 1.807) is 19.2 Å². The molecule has 0 saturated heterocycles. The summed E-state index contributed by atoms with van der Waals surface area (Å²) >= 11 is 0. The van der Waals surface area contributed by atoms with Crippen molar-refractivity contribution in [3.63, 3.8) is 0 Å². The third-order valence-electron chi connectivity index (χ3n) is 4.15. The monoisotopic (exact) mass is 277 g/mol. The molecule has 1 fully saturated rings. The van der Waals surface area contributed by atoms with E-state index in [-0.39, 0.29) is 12.5 Å². The predicted molar refractivity (Wildman–Crippen MR) is 80.7 cm³/mol. The van der Waals surface area contributed by atoms with Gasteiger partial charge in [-0.2, -0.15) is 0 Å². The topological polar surface area (TPSA) is 87.4 Å². The summed E-state index contributed by atoms with van der Waals surface area (Å²) in [4.78, 5) is 11.5. The Morgan fingerprint density at radius 3 is 2.80 bits per heavy atom. The predicted octanol–water partition coefficient (Wildman–Crippen LogP) is 1.45. The molecule has 0 aromatic heterocycles. The number of hydrogen-bond donors (Lipinski definition) is 4. The summed E-state index contributed by atoms with van der Waals surface area (Å²) < 4.78 is 0. The molecule has 20 heavy (non-hydrogen) atoms. The molecular weight excluding hydrogens is 254 g/mol. The zero-order valence-corrected chi connectivity index (χ0v) is 11.9. The molecule has 2 atom stereocenters. The zero-order chi connectivity index (χ0) is 14.5. The lowest BCUT2D eigenvalue weighted by molar-refractivity contribution is 0.0963. The van der Waals surface area contributed by atoms with E-state index in [0.717, 1.165) is 25.1 Å². The first-order chi connectivity index (χ1) is 9.65. The van der Waals surface area contributed by atoms with E-state index >= 15 is 0 Å². The van der Waals surface area contributed by atoms with Gasteiger partial charge in [0.2, 0.25) is 0 Å². The quantitative estimate of drug-likeness (QED) is 0.613. The van der Waals surface area contributed by atoms with Crippen molar-refractivity contribution in [3.05, 3.63) is 23.8 Å². The van der Waals surface area contributed by atoms with E-state index in [4.69, 9.17) is 5.73 Å². The fraction of sp³-hybridized carbons (Fsp3) is 0.533. The first kappa shape index (κ1) is 14.7. The highest BCUT2D eigenvalue weighted by molar-refractivity contribution is 5.95. The lowest BCUT2D eigenvalue weighted by Crippen LogP contribution is -2.21. The maximum Gasteiger partial charge on any atom is 0.251 e. The molecule has 0 bridgehead atoms. The van der Waals surface area contributed by atoms with Crippen molar-refractivity contribution in [2.24, 2.45) is 11.8 Å². The fourth-order valence-corrected chi connectivity index (χ4v) is 2.87. The molecular formula is C15H23N3O2. The number of nitrogen functional groups attached to an aromatic ring is 1. The number of carbonyl (C=O) groups excluding carboxylic acids is 1. The van der Waals surface area contributed by atoms with Gasteiger partial charge in [0, 0.05) is 25.8 Å². The zero-order valence-electron chi connectivity index (χ0n) is 11.9. The van der Waals surface area contributed by atoms with Crippen LogP contribution in [0.25, 0.3) is 0 Å². The second kappa shape index (κ2) is 6.61. The van der Waals surface area contributed by atoms with Gasteiger partial charge >= 0.3 is 0 Å². The number of aliphatic hydroxyl groups is 1. The summed E-state index contributed by atoms with van der Waals surface area (Å²) in [6.07, 6.45) is 3.44. The van der Waals surface area contributed by atoms with Crippen molar-refractivity contribution in [3.8, 4) is 0 Å². The molecule has 0 spiro atoms. The highest BCUT2D eigenvalue weighted by Gasteiger charge is 2.26. The van der Waals surface area contributed by atoms with Crippen LogP contribution in [0.1, 0.15) is 29.6 Å². The molecule has 1 aliphatic rings. The Kier molecular flexibility index (Phi) is 4.84. The summed E-state index contributed by atoms with van der Waals surface area (Å²) in [6.45, 7) is 1.08. The smallest absolute Gasteiger partial charge is 0.251 e. The number of nitrogens with two attached hydrogens (primary N) is 1. The van der Waals surface area contributed by atoms with Crippen LogP contribution in [-0.4, -0.2) is 31.2 Å². The van der Waals surface area contributed by atoms with Gasteiger partial charge in [-0.3, -0.25) is 4.79 Å². The number of amides is 1. The number of anilines is 2. The van der Waals surface area contributed by atoms with Crippen molar-refractivity contribution in [2.45, 2.75) is 19.3 Å². The number of rotatable bonds is 5. The van der Waals surface area contributed by atoms with E-state index in [0.29, 0.717) is 23.1 Å². The van der Waals surface area contributed by atoms with Gasteiger partial charge in [0.1, 0.15) is 0 Å². The molecule has 1 aromatic carbocycles. The van der Waals surface area contributed by atoms with Gasteiger partial charge in [-0.15, -0.1) is 0 Å². The maximum atomic E-state index is 11.5. The van der Waals surface area contributed by atoms with Gasteiger partial charge in [-0.25, -0.2) is 0 Å². The minimum atomic E-state index is -0.139. The second-order valence-electron chi connectivity index (χ2n) is 5.40. The largest absolute Gasteiger partial charge is 0.397 e. The summed E-state index contributed by atoms with van der Waals surface area (Å²) in [5, 5.41) is 15.2. The van der Waals surface area contributed by atoms with Crippen LogP contribution in [0.5, 0.6) is 0 Å².